The van der Waals surface area contributed by atoms with Crippen molar-refractivity contribution < 1.29 is 4.79 Å². The molecule has 0 saturated carbocycles. The molecule has 0 bridgehead atoms. The molecule has 1 atom stereocenters. The zero-order valence-electron chi connectivity index (χ0n) is 7.99. The summed E-state index contributed by atoms with van der Waals surface area (Å²) in [5.41, 5.74) is 0. The summed E-state index contributed by atoms with van der Waals surface area (Å²) >= 11 is 0. The minimum atomic E-state index is -0.213. The van der Waals surface area contributed by atoms with Crippen LogP contribution in [0.2, 0.25) is 0 Å². The molecule has 0 spiro atoms. The molecule has 0 fully saturated rings. The van der Waals surface area contributed by atoms with Crippen molar-refractivity contribution in [3.63, 3.8) is 0 Å². The molecule has 0 aromatic heterocycles. The molecule has 0 radical (unpaired) electrons. The van der Waals surface area contributed by atoms with E-state index in [1.807, 2.05) is 0 Å². The van der Waals surface area contributed by atoms with Crippen molar-refractivity contribution in [1.82, 2.24) is 4.90 Å². The van der Waals surface area contributed by atoms with E-state index >= 15 is 0 Å². The van der Waals surface area contributed by atoms with Gasteiger partial charge in [0, 0.05) is 13.6 Å². The summed E-state index contributed by atoms with van der Waals surface area (Å²) in [7, 11) is 1.76. The first-order valence-corrected chi connectivity index (χ1v) is 4.60. The normalized spacial score (nSPS) is 20.8. The third-order valence-electron chi connectivity index (χ3n) is 2.38. The van der Waals surface area contributed by atoms with Crippen molar-refractivity contribution in [3.8, 4) is 12.3 Å². The van der Waals surface area contributed by atoms with Gasteiger partial charge in [-0.05, 0) is 31.1 Å². The highest BCUT2D eigenvalue weighted by atomic mass is 16.2. The lowest BCUT2D eigenvalue weighted by Gasteiger charge is -2.23. The maximum atomic E-state index is 11.1. The van der Waals surface area contributed by atoms with Crippen molar-refractivity contribution >= 4 is 5.91 Å². The van der Waals surface area contributed by atoms with Gasteiger partial charge in [-0.25, -0.2) is 0 Å². The zero-order chi connectivity index (χ0) is 9.68. The van der Waals surface area contributed by atoms with Crippen LogP contribution in [0.5, 0.6) is 0 Å². The molecule has 13 heavy (non-hydrogen) atoms. The Morgan fingerprint density at radius 1 is 1.69 bits per heavy atom. The number of terminal acetylenes is 1. The van der Waals surface area contributed by atoms with E-state index in [0.29, 0.717) is 5.92 Å². The number of rotatable bonds is 2. The maximum Gasteiger partial charge on any atom is 0.297 e. The fraction of sp³-hybridized carbons (Fsp3) is 0.545. The molecule has 0 saturated heterocycles. The molecule has 0 aromatic carbocycles. The van der Waals surface area contributed by atoms with E-state index in [1.54, 1.807) is 11.9 Å². The molecule has 1 aliphatic carbocycles. The second-order valence-electron chi connectivity index (χ2n) is 3.48. The van der Waals surface area contributed by atoms with Crippen LogP contribution in [-0.2, 0) is 4.79 Å². The summed E-state index contributed by atoms with van der Waals surface area (Å²) in [4.78, 5) is 12.7. The van der Waals surface area contributed by atoms with Gasteiger partial charge in [0.1, 0.15) is 0 Å². The van der Waals surface area contributed by atoms with Crippen LogP contribution in [0, 0.1) is 18.3 Å². The zero-order valence-corrected chi connectivity index (χ0v) is 7.99. The molecule has 1 aliphatic rings. The molecule has 1 amide bonds. The summed E-state index contributed by atoms with van der Waals surface area (Å²) in [6.07, 6.45) is 12.8. The number of allylic oxidation sites excluding steroid dienone is 2. The van der Waals surface area contributed by atoms with Crippen molar-refractivity contribution in [2.24, 2.45) is 5.92 Å². The van der Waals surface area contributed by atoms with Crippen LogP contribution in [0.25, 0.3) is 0 Å². The van der Waals surface area contributed by atoms with Crippen LogP contribution in [0.4, 0.5) is 0 Å². The van der Waals surface area contributed by atoms with Gasteiger partial charge < -0.3 is 4.90 Å². The highest BCUT2D eigenvalue weighted by molar-refractivity contribution is 5.92. The molecule has 0 N–H and O–H groups in total. The summed E-state index contributed by atoms with van der Waals surface area (Å²) in [5.74, 6) is 2.50. The van der Waals surface area contributed by atoms with E-state index in [-0.39, 0.29) is 5.91 Å². The van der Waals surface area contributed by atoms with Crippen LogP contribution in [0.3, 0.4) is 0 Å². The molecule has 0 aliphatic heterocycles. The maximum absolute atomic E-state index is 11.1. The van der Waals surface area contributed by atoms with Gasteiger partial charge in [-0.1, -0.05) is 12.2 Å². The number of hydrogen-bond acceptors (Lipinski definition) is 1. The fourth-order valence-corrected chi connectivity index (χ4v) is 1.60. The third-order valence-corrected chi connectivity index (χ3v) is 2.38. The van der Waals surface area contributed by atoms with Crippen LogP contribution in [0.15, 0.2) is 12.2 Å². The van der Waals surface area contributed by atoms with Crippen LogP contribution < -0.4 is 0 Å². The number of hydrogen-bond donors (Lipinski definition) is 0. The monoisotopic (exact) mass is 177 g/mol. The lowest BCUT2D eigenvalue weighted by atomic mass is 9.94. The van der Waals surface area contributed by atoms with Gasteiger partial charge >= 0.3 is 0 Å². The molecule has 1 unspecified atom stereocenters. The van der Waals surface area contributed by atoms with E-state index in [2.05, 4.69) is 18.1 Å². The summed E-state index contributed by atoms with van der Waals surface area (Å²) in [5, 5.41) is 0. The summed E-state index contributed by atoms with van der Waals surface area (Å²) < 4.78 is 0. The second-order valence-corrected chi connectivity index (χ2v) is 3.48. The highest BCUT2D eigenvalue weighted by Crippen LogP contribution is 2.18. The molecule has 2 nitrogen and oxygen atoms in total. The number of nitrogens with zero attached hydrogens (tertiary/aromatic N) is 1. The fourth-order valence-electron chi connectivity index (χ4n) is 1.60. The van der Waals surface area contributed by atoms with Crippen LogP contribution >= 0.6 is 0 Å². The predicted molar refractivity (Wildman–Crippen MR) is 53.0 cm³/mol. The average Bonchev–Trinajstić information content (AvgIpc) is 2.18. The van der Waals surface area contributed by atoms with Crippen molar-refractivity contribution in [1.29, 1.82) is 0 Å². The third kappa shape index (κ3) is 2.95. The SMILES string of the molecule is C#CC(=O)N(C)CC1CC=CCC1. The summed E-state index contributed by atoms with van der Waals surface area (Å²) in [6, 6.07) is 0. The molecule has 0 heterocycles. The Morgan fingerprint density at radius 3 is 3.00 bits per heavy atom. The Balaban J connectivity index is 2.36. The first-order valence-electron chi connectivity index (χ1n) is 4.60. The van der Waals surface area contributed by atoms with Gasteiger partial charge in [-0.3, -0.25) is 4.79 Å². The van der Waals surface area contributed by atoms with Gasteiger partial charge in [0.2, 0.25) is 0 Å². The Bertz CT molecular complexity index is 249. The molecule has 2 heteroatoms. The average molecular weight is 177 g/mol. The number of carbonyl (C=O) groups excluding carboxylic acids is 1. The van der Waals surface area contributed by atoms with Crippen molar-refractivity contribution in [2.75, 3.05) is 13.6 Å². The van der Waals surface area contributed by atoms with Gasteiger partial charge in [0.05, 0.1) is 0 Å². The molecular formula is C11H15NO. The molecule has 1 rings (SSSR count). The van der Waals surface area contributed by atoms with E-state index in [9.17, 15) is 4.79 Å². The minimum Gasteiger partial charge on any atom is -0.335 e. The van der Waals surface area contributed by atoms with Gasteiger partial charge in [0.15, 0.2) is 0 Å². The smallest absolute Gasteiger partial charge is 0.297 e. The topological polar surface area (TPSA) is 20.3 Å². The summed E-state index contributed by atoms with van der Waals surface area (Å²) in [6.45, 7) is 0.785. The largest absolute Gasteiger partial charge is 0.335 e. The van der Waals surface area contributed by atoms with Gasteiger partial charge in [0.25, 0.3) is 5.91 Å². The minimum absolute atomic E-state index is 0.213. The Kier molecular flexibility index (Phi) is 3.57. The number of carbonyl (C=O) groups is 1. The van der Waals surface area contributed by atoms with Crippen molar-refractivity contribution in [3.05, 3.63) is 12.2 Å². The van der Waals surface area contributed by atoms with E-state index in [4.69, 9.17) is 6.42 Å². The lowest BCUT2D eigenvalue weighted by Crippen LogP contribution is -2.31. The first kappa shape index (κ1) is 9.85. The predicted octanol–water partition coefficient (Wildman–Crippen LogP) is 1.43. The Hall–Kier alpha value is -1.23. The van der Waals surface area contributed by atoms with Gasteiger partial charge in [-0.2, -0.15) is 0 Å². The quantitative estimate of drug-likeness (QED) is 0.461. The van der Waals surface area contributed by atoms with Crippen LogP contribution in [0.1, 0.15) is 19.3 Å². The van der Waals surface area contributed by atoms with Crippen LogP contribution in [-0.4, -0.2) is 24.4 Å². The molecule has 0 aromatic rings. The number of amides is 1. The lowest BCUT2D eigenvalue weighted by molar-refractivity contribution is -0.124. The van der Waals surface area contributed by atoms with Crippen molar-refractivity contribution in [2.45, 2.75) is 19.3 Å². The Morgan fingerprint density at radius 2 is 2.46 bits per heavy atom. The van der Waals surface area contributed by atoms with E-state index in [1.165, 1.54) is 6.42 Å². The highest BCUT2D eigenvalue weighted by Gasteiger charge is 2.14. The molecule has 70 valence electrons. The second kappa shape index (κ2) is 4.71. The van der Waals surface area contributed by atoms with Gasteiger partial charge in [-0.15, -0.1) is 6.42 Å². The van der Waals surface area contributed by atoms with E-state index < -0.39 is 0 Å². The Labute approximate surface area is 79.6 Å². The first-order chi connectivity index (χ1) is 6.24. The standard InChI is InChI=1S/C11H15NO/c1-3-11(13)12(2)9-10-7-5-4-6-8-10/h1,4-5,10H,6-9H2,2H3. The van der Waals surface area contributed by atoms with E-state index in [0.717, 1.165) is 19.4 Å². The molecular weight excluding hydrogens is 162 g/mol.